The van der Waals surface area contributed by atoms with Gasteiger partial charge in [-0.1, -0.05) is 17.5 Å². The minimum atomic E-state index is -2.37. The van der Waals surface area contributed by atoms with E-state index in [1.165, 1.54) is 0 Å². The summed E-state index contributed by atoms with van der Waals surface area (Å²) in [4.78, 5) is 0.428. The van der Waals surface area contributed by atoms with Crippen LogP contribution >= 0.6 is 11.8 Å². The van der Waals surface area contributed by atoms with Crippen LogP contribution in [-0.2, 0) is 0 Å². The van der Waals surface area contributed by atoms with Crippen LogP contribution in [0.15, 0.2) is 34.6 Å². The summed E-state index contributed by atoms with van der Waals surface area (Å²) in [6.07, 6.45) is 4.85. The third-order valence-corrected chi connectivity index (χ3v) is 1.51. The van der Waals surface area contributed by atoms with Gasteiger partial charge in [-0.15, -0.1) is 0 Å². The highest BCUT2D eigenvalue weighted by Gasteiger charge is 2.04. The van der Waals surface area contributed by atoms with Gasteiger partial charge in [0.15, 0.2) is 0 Å². The van der Waals surface area contributed by atoms with Crippen molar-refractivity contribution in [1.29, 1.82) is 0 Å². The Bertz CT molecular complexity index is 240. The summed E-state index contributed by atoms with van der Waals surface area (Å²) in [6.45, 7) is 0. The standard InChI is InChI=1S/C7H4F2S/c8-7(9)10-6-4-2-1-3-5-6/h1-2,4,7H. The van der Waals surface area contributed by atoms with E-state index in [4.69, 9.17) is 0 Å². The van der Waals surface area contributed by atoms with Crippen molar-refractivity contribution in [3.8, 4) is 0 Å². The van der Waals surface area contributed by atoms with E-state index in [-0.39, 0.29) is 0 Å². The molecular formula is C7H4F2S. The molecule has 0 fully saturated rings. The van der Waals surface area contributed by atoms with Gasteiger partial charge in [0.25, 0.3) is 5.76 Å². The average molecular weight is 158 g/mol. The van der Waals surface area contributed by atoms with E-state index >= 15 is 0 Å². The lowest BCUT2D eigenvalue weighted by molar-refractivity contribution is 0.253. The van der Waals surface area contributed by atoms with E-state index in [2.05, 4.69) is 11.5 Å². The molecule has 0 atom stereocenters. The molecule has 10 heavy (non-hydrogen) atoms. The molecule has 0 unspecified atom stereocenters. The van der Waals surface area contributed by atoms with E-state index < -0.39 is 5.76 Å². The van der Waals surface area contributed by atoms with E-state index in [0.717, 1.165) is 0 Å². The predicted molar refractivity (Wildman–Crippen MR) is 37.8 cm³/mol. The molecule has 0 amide bonds. The van der Waals surface area contributed by atoms with Gasteiger partial charge in [0, 0.05) is 0 Å². The molecule has 0 saturated heterocycles. The third-order valence-electron chi connectivity index (χ3n) is 0.839. The van der Waals surface area contributed by atoms with Gasteiger partial charge in [-0.3, -0.25) is 0 Å². The quantitative estimate of drug-likeness (QED) is 0.557. The smallest absolute Gasteiger partial charge is 0.198 e. The van der Waals surface area contributed by atoms with Gasteiger partial charge in [-0.05, 0) is 23.9 Å². The number of halogens is 2. The maximum Gasteiger partial charge on any atom is 0.289 e. The first kappa shape index (κ1) is 7.36. The topological polar surface area (TPSA) is 0 Å². The second-order valence-corrected chi connectivity index (χ2v) is 2.57. The summed E-state index contributed by atoms with van der Waals surface area (Å²) in [6, 6.07) is 0. The number of alkyl halides is 2. The molecule has 1 rings (SSSR count). The first-order valence-corrected chi connectivity index (χ1v) is 3.50. The van der Waals surface area contributed by atoms with Crippen LogP contribution in [-0.4, -0.2) is 5.76 Å². The average Bonchev–Trinajstić information content (AvgIpc) is 1.88. The molecule has 0 aromatic carbocycles. The Balaban J connectivity index is 2.65. The Morgan fingerprint density at radius 1 is 1.50 bits per heavy atom. The van der Waals surface area contributed by atoms with Crippen LogP contribution < -0.4 is 0 Å². The molecule has 52 valence electrons. The summed E-state index contributed by atoms with van der Waals surface area (Å²) < 4.78 is 23.3. The van der Waals surface area contributed by atoms with Gasteiger partial charge < -0.3 is 0 Å². The normalized spacial score (nSPS) is 14.5. The van der Waals surface area contributed by atoms with Crippen LogP contribution in [0.25, 0.3) is 0 Å². The van der Waals surface area contributed by atoms with Crippen molar-refractivity contribution in [1.82, 2.24) is 0 Å². The first-order chi connectivity index (χ1) is 4.79. The van der Waals surface area contributed by atoms with Gasteiger partial charge in [-0.2, -0.15) is 8.78 Å². The van der Waals surface area contributed by atoms with Crippen LogP contribution in [0.4, 0.5) is 8.78 Å². The van der Waals surface area contributed by atoms with Gasteiger partial charge in [0.2, 0.25) is 0 Å². The van der Waals surface area contributed by atoms with Crippen LogP contribution in [0.5, 0.6) is 0 Å². The minimum absolute atomic E-state index is 0.428. The summed E-state index contributed by atoms with van der Waals surface area (Å²) in [7, 11) is 0. The monoisotopic (exact) mass is 158 g/mol. The van der Waals surface area contributed by atoms with Crippen LogP contribution in [0.1, 0.15) is 0 Å². The SMILES string of the molecule is FC(F)SC1=C=C=CC=C1. The molecule has 0 N–H and O–H groups in total. The largest absolute Gasteiger partial charge is 0.289 e. The highest BCUT2D eigenvalue weighted by Crippen LogP contribution is 2.24. The number of hydrogen-bond acceptors (Lipinski definition) is 1. The summed E-state index contributed by atoms with van der Waals surface area (Å²) in [5.74, 6) is -2.37. The van der Waals surface area contributed by atoms with Gasteiger partial charge in [-0.25, -0.2) is 0 Å². The van der Waals surface area contributed by atoms with Crippen molar-refractivity contribution < 1.29 is 8.78 Å². The Morgan fingerprint density at radius 2 is 2.30 bits per heavy atom. The number of thioether (sulfide) groups is 1. The fraction of sp³-hybridized carbons (Fsp3) is 0.143. The second-order valence-electron chi connectivity index (χ2n) is 1.54. The lowest BCUT2D eigenvalue weighted by Gasteiger charge is -1.95. The number of hydrogen-bond donors (Lipinski definition) is 0. The first-order valence-electron chi connectivity index (χ1n) is 2.62. The van der Waals surface area contributed by atoms with Crippen molar-refractivity contribution in [3.05, 3.63) is 34.6 Å². The number of allylic oxidation sites excluding steroid dienone is 3. The molecule has 0 radical (unpaired) electrons. The van der Waals surface area contributed by atoms with E-state index in [1.807, 2.05) is 0 Å². The molecule has 0 saturated carbocycles. The number of rotatable bonds is 2. The Hall–Kier alpha value is -0.750. The molecule has 0 aliphatic heterocycles. The lowest BCUT2D eigenvalue weighted by atomic mass is 10.4. The molecule has 0 aromatic heterocycles. The molecule has 0 aromatic rings. The summed E-state index contributed by atoms with van der Waals surface area (Å²) >= 11 is 0.478. The van der Waals surface area contributed by atoms with Gasteiger partial charge in [0.1, 0.15) is 0 Å². The fourth-order valence-corrected chi connectivity index (χ4v) is 0.970. The van der Waals surface area contributed by atoms with Crippen LogP contribution in [0.3, 0.4) is 0 Å². The molecule has 1 aliphatic carbocycles. The Labute approximate surface area is 61.6 Å². The van der Waals surface area contributed by atoms with E-state index in [0.29, 0.717) is 16.7 Å². The molecule has 0 nitrogen and oxygen atoms in total. The maximum atomic E-state index is 11.6. The van der Waals surface area contributed by atoms with E-state index in [9.17, 15) is 8.78 Å². The highest BCUT2D eigenvalue weighted by molar-refractivity contribution is 8.03. The predicted octanol–water partition coefficient (Wildman–Crippen LogP) is 2.71. The lowest BCUT2D eigenvalue weighted by Crippen LogP contribution is -1.80. The molecule has 0 spiro atoms. The highest BCUT2D eigenvalue weighted by atomic mass is 32.2. The van der Waals surface area contributed by atoms with Crippen LogP contribution in [0, 0.1) is 0 Å². The van der Waals surface area contributed by atoms with E-state index in [1.54, 1.807) is 18.2 Å². The summed E-state index contributed by atoms with van der Waals surface area (Å²) in [5.41, 5.74) is 5.14. The zero-order chi connectivity index (χ0) is 7.40. The molecule has 3 heteroatoms. The summed E-state index contributed by atoms with van der Waals surface area (Å²) in [5, 5.41) is 0. The van der Waals surface area contributed by atoms with Crippen molar-refractivity contribution >= 4 is 11.8 Å². The maximum absolute atomic E-state index is 11.6. The molecule has 0 bridgehead atoms. The van der Waals surface area contributed by atoms with Crippen molar-refractivity contribution in [2.45, 2.75) is 5.76 Å². The minimum Gasteiger partial charge on any atom is -0.198 e. The van der Waals surface area contributed by atoms with Gasteiger partial charge in [0.05, 0.1) is 4.91 Å². The second kappa shape index (κ2) is 3.43. The van der Waals surface area contributed by atoms with Gasteiger partial charge >= 0.3 is 0 Å². The molecular weight excluding hydrogens is 154 g/mol. The molecule has 1 aliphatic rings. The zero-order valence-corrected chi connectivity index (χ0v) is 5.79. The Morgan fingerprint density at radius 3 is 2.80 bits per heavy atom. The van der Waals surface area contributed by atoms with Crippen LogP contribution in [0.2, 0.25) is 0 Å². The Kier molecular flexibility index (Phi) is 2.52. The van der Waals surface area contributed by atoms with Crippen molar-refractivity contribution in [2.24, 2.45) is 0 Å². The van der Waals surface area contributed by atoms with Crippen molar-refractivity contribution in [2.75, 3.05) is 0 Å². The molecule has 0 heterocycles. The van der Waals surface area contributed by atoms with Crippen molar-refractivity contribution in [3.63, 3.8) is 0 Å². The zero-order valence-electron chi connectivity index (χ0n) is 4.97. The third kappa shape index (κ3) is 2.24. The fourth-order valence-electron chi connectivity index (χ4n) is 0.503.